The Balaban J connectivity index is 2.01. The van der Waals surface area contributed by atoms with Gasteiger partial charge in [0.25, 0.3) is 0 Å². The summed E-state index contributed by atoms with van der Waals surface area (Å²) < 4.78 is 0. The summed E-state index contributed by atoms with van der Waals surface area (Å²) in [5.74, 6) is 1.58. The fourth-order valence-corrected chi connectivity index (χ4v) is 2.59. The average Bonchev–Trinajstić information content (AvgIpc) is 2.33. The quantitative estimate of drug-likeness (QED) is 0.856. The molecule has 1 fully saturated rings. The maximum absolute atomic E-state index is 6.07. The minimum absolute atomic E-state index is 0.544. The second-order valence-electron chi connectivity index (χ2n) is 5.05. The number of nitrogens with one attached hydrogen (secondary N) is 1. The molecule has 0 spiro atoms. The van der Waals surface area contributed by atoms with Crippen LogP contribution in [0.3, 0.4) is 0 Å². The number of anilines is 1. The first kappa shape index (κ1) is 13.6. The Morgan fingerprint density at radius 3 is 2.83 bits per heavy atom. The second kappa shape index (κ2) is 5.85. The van der Waals surface area contributed by atoms with Crippen molar-refractivity contribution in [3.63, 3.8) is 0 Å². The summed E-state index contributed by atoms with van der Waals surface area (Å²) in [4.78, 5) is 11.0. The van der Waals surface area contributed by atoms with Crippen molar-refractivity contribution in [2.24, 2.45) is 0 Å². The van der Waals surface area contributed by atoms with Gasteiger partial charge in [0.2, 0.25) is 0 Å². The number of rotatable bonds is 3. The van der Waals surface area contributed by atoms with Crippen molar-refractivity contribution in [2.45, 2.75) is 39.2 Å². The lowest BCUT2D eigenvalue weighted by Gasteiger charge is -2.32. The predicted molar refractivity (Wildman–Crippen MR) is 75.3 cm³/mol. The summed E-state index contributed by atoms with van der Waals surface area (Å²) in [5, 5.41) is 3.96. The minimum atomic E-state index is 0.544. The van der Waals surface area contributed by atoms with Crippen LogP contribution in [0, 0.1) is 13.8 Å². The summed E-state index contributed by atoms with van der Waals surface area (Å²) in [6, 6.07) is 0.590. The SMILES string of the molecule is Cc1nc(Cl)c(C)c(NCC2CCCCN2C)n1. The molecule has 4 nitrogen and oxygen atoms in total. The first-order chi connectivity index (χ1) is 8.58. The fraction of sp³-hybridized carbons (Fsp3) is 0.692. The molecule has 1 aliphatic rings. The number of likely N-dealkylation sites (tertiary alicyclic amines) is 1. The Bertz CT molecular complexity index is 422. The molecule has 0 amide bonds. The summed E-state index contributed by atoms with van der Waals surface area (Å²) in [5.41, 5.74) is 0.931. The molecule has 1 unspecified atom stereocenters. The molecule has 2 heterocycles. The van der Waals surface area contributed by atoms with Crippen molar-refractivity contribution in [3.05, 3.63) is 16.5 Å². The minimum Gasteiger partial charge on any atom is -0.368 e. The lowest BCUT2D eigenvalue weighted by atomic mass is 10.0. The summed E-state index contributed by atoms with van der Waals surface area (Å²) in [7, 11) is 2.19. The maximum Gasteiger partial charge on any atom is 0.137 e. The van der Waals surface area contributed by atoms with Crippen LogP contribution in [-0.2, 0) is 0 Å². The van der Waals surface area contributed by atoms with Gasteiger partial charge in [0.05, 0.1) is 0 Å². The molecule has 1 aliphatic heterocycles. The van der Waals surface area contributed by atoms with E-state index in [1.807, 2.05) is 13.8 Å². The highest BCUT2D eigenvalue weighted by Crippen LogP contribution is 2.21. The molecule has 0 bridgehead atoms. The Labute approximate surface area is 114 Å². The van der Waals surface area contributed by atoms with Crippen LogP contribution in [-0.4, -0.2) is 41.0 Å². The third kappa shape index (κ3) is 3.12. The van der Waals surface area contributed by atoms with Crippen LogP contribution < -0.4 is 5.32 Å². The number of hydrogen-bond acceptors (Lipinski definition) is 4. The topological polar surface area (TPSA) is 41.1 Å². The Hall–Kier alpha value is -0.870. The van der Waals surface area contributed by atoms with Gasteiger partial charge in [-0.2, -0.15) is 0 Å². The predicted octanol–water partition coefficient (Wildman–Crippen LogP) is 2.64. The van der Waals surface area contributed by atoms with Crippen LogP contribution in [0.4, 0.5) is 5.82 Å². The van der Waals surface area contributed by atoms with E-state index in [9.17, 15) is 0 Å². The third-order valence-corrected chi connectivity index (χ3v) is 3.99. The molecule has 5 heteroatoms. The average molecular weight is 269 g/mol. The monoisotopic (exact) mass is 268 g/mol. The van der Waals surface area contributed by atoms with Gasteiger partial charge in [-0.1, -0.05) is 18.0 Å². The van der Waals surface area contributed by atoms with Gasteiger partial charge in [-0.15, -0.1) is 0 Å². The smallest absolute Gasteiger partial charge is 0.137 e. The van der Waals surface area contributed by atoms with Gasteiger partial charge >= 0.3 is 0 Å². The molecule has 1 N–H and O–H groups in total. The van der Waals surface area contributed by atoms with Crippen LogP contribution in [0.15, 0.2) is 0 Å². The largest absolute Gasteiger partial charge is 0.368 e. The van der Waals surface area contributed by atoms with Gasteiger partial charge in [0, 0.05) is 18.2 Å². The molecule has 0 radical (unpaired) electrons. The van der Waals surface area contributed by atoms with Crippen molar-refractivity contribution < 1.29 is 0 Å². The van der Waals surface area contributed by atoms with E-state index in [0.717, 1.165) is 17.9 Å². The van der Waals surface area contributed by atoms with E-state index in [1.54, 1.807) is 0 Å². The molecule has 0 aliphatic carbocycles. The molecule has 100 valence electrons. The summed E-state index contributed by atoms with van der Waals surface area (Å²) in [6.07, 6.45) is 3.88. The molecular formula is C13H21ClN4. The van der Waals surface area contributed by atoms with Gasteiger partial charge in [-0.05, 0) is 40.3 Å². The van der Waals surface area contributed by atoms with E-state index in [4.69, 9.17) is 11.6 Å². The number of piperidine rings is 1. The van der Waals surface area contributed by atoms with E-state index in [1.165, 1.54) is 25.8 Å². The van der Waals surface area contributed by atoms with E-state index in [2.05, 4.69) is 27.2 Å². The van der Waals surface area contributed by atoms with E-state index < -0.39 is 0 Å². The molecule has 0 saturated carbocycles. The van der Waals surface area contributed by atoms with Crippen LogP contribution in [0.5, 0.6) is 0 Å². The lowest BCUT2D eigenvalue weighted by Crippen LogP contribution is -2.41. The van der Waals surface area contributed by atoms with E-state index >= 15 is 0 Å². The molecular weight excluding hydrogens is 248 g/mol. The number of halogens is 1. The summed E-state index contributed by atoms with van der Waals surface area (Å²) in [6.45, 7) is 5.93. The van der Waals surface area contributed by atoms with Crippen molar-refractivity contribution in [2.75, 3.05) is 25.5 Å². The summed E-state index contributed by atoms with van der Waals surface area (Å²) >= 11 is 6.07. The van der Waals surface area contributed by atoms with Gasteiger partial charge in [0.1, 0.15) is 16.8 Å². The highest BCUT2D eigenvalue weighted by atomic mass is 35.5. The van der Waals surface area contributed by atoms with Gasteiger partial charge in [-0.3, -0.25) is 0 Å². The van der Waals surface area contributed by atoms with E-state index in [0.29, 0.717) is 17.0 Å². The van der Waals surface area contributed by atoms with Gasteiger partial charge in [0.15, 0.2) is 0 Å². The van der Waals surface area contributed by atoms with Gasteiger partial charge in [-0.25, -0.2) is 9.97 Å². The Morgan fingerprint density at radius 2 is 2.11 bits per heavy atom. The maximum atomic E-state index is 6.07. The van der Waals surface area contributed by atoms with Crippen LogP contribution in [0.2, 0.25) is 5.15 Å². The number of nitrogens with zero attached hydrogens (tertiary/aromatic N) is 3. The molecule has 1 aromatic heterocycles. The normalized spacial score (nSPS) is 21.0. The number of aryl methyl sites for hydroxylation is 1. The number of aromatic nitrogens is 2. The van der Waals surface area contributed by atoms with Crippen molar-refractivity contribution in [1.82, 2.24) is 14.9 Å². The third-order valence-electron chi connectivity index (χ3n) is 3.62. The standard InChI is InChI=1S/C13H21ClN4/c1-9-12(14)16-10(2)17-13(9)15-8-11-6-4-5-7-18(11)3/h11H,4-8H2,1-3H3,(H,15,16,17). The van der Waals surface area contributed by atoms with Crippen molar-refractivity contribution in [1.29, 1.82) is 0 Å². The van der Waals surface area contributed by atoms with Crippen molar-refractivity contribution in [3.8, 4) is 0 Å². The molecule has 2 rings (SSSR count). The van der Waals surface area contributed by atoms with Crippen molar-refractivity contribution >= 4 is 17.4 Å². The highest BCUT2D eigenvalue weighted by Gasteiger charge is 2.19. The molecule has 1 atom stereocenters. The van der Waals surface area contributed by atoms with Crippen LogP contribution in [0.25, 0.3) is 0 Å². The van der Waals surface area contributed by atoms with Crippen LogP contribution >= 0.6 is 11.6 Å². The lowest BCUT2D eigenvalue weighted by molar-refractivity contribution is 0.194. The molecule has 18 heavy (non-hydrogen) atoms. The zero-order valence-electron chi connectivity index (χ0n) is 11.3. The molecule has 1 aromatic rings. The molecule has 1 saturated heterocycles. The Kier molecular flexibility index (Phi) is 4.40. The first-order valence-corrected chi connectivity index (χ1v) is 6.90. The zero-order valence-corrected chi connectivity index (χ0v) is 12.1. The first-order valence-electron chi connectivity index (χ1n) is 6.53. The zero-order chi connectivity index (χ0) is 13.1. The van der Waals surface area contributed by atoms with Gasteiger partial charge < -0.3 is 10.2 Å². The fourth-order valence-electron chi connectivity index (χ4n) is 2.38. The highest BCUT2D eigenvalue weighted by molar-refractivity contribution is 6.30. The number of hydrogen-bond donors (Lipinski definition) is 1. The molecule has 0 aromatic carbocycles. The second-order valence-corrected chi connectivity index (χ2v) is 5.40. The number of likely N-dealkylation sites (N-methyl/N-ethyl adjacent to an activating group) is 1. The van der Waals surface area contributed by atoms with Crippen LogP contribution in [0.1, 0.15) is 30.7 Å². The Morgan fingerprint density at radius 1 is 1.33 bits per heavy atom. The van der Waals surface area contributed by atoms with E-state index in [-0.39, 0.29) is 0 Å².